The number of carbonyl (C=O) groups is 1. The molecule has 1 aromatic rings. The first-order valence-corrected chi connectivity index (χ1v) is 7.38. The first-order chi connectivity index (χ1) is 9.13. The minimum Gasteiger partial charge on any atom is -0.396 e. The van der Waals surface area contributed by atoms with Gasteiger partial charge in [0.1, 0.15) is 0 Å². The zero-order valence-corrected chi connectivity index (χ0v) is 12.2. The summed E-state index contributed by atoms with van der Waals surface area (Å²) in [5, 5.41) is 3.09. The van der Waals surface area contributed by atoms with E-state index < -0.39 is 0 Å². The third-order valence-corrected chi connectivity index (χ3v) is 4.42. The maximum absolute atomic E-state index is 11.4. The molecule has 2 saturated heterocycles. The number of halogens is 1. The molecule has 3 N–H and O–H groups in total. The maximum Gasteiger partial charge on any atom is 0.220 e. The molecule has 2 fully saturated rings. The van der Waals surface area contributed by atoms with Gasteiger partial charge < -0.3 is 16.0 Å². The van der Waals surface area contributed by atoms with Gasteiger partial charge in [-0.15, -0.1) is 0 Å². The first-order valence-electron chi connectivity index (χ1n) is 6.59. The van der Waals surface area contributed by atoms with Crippen LogP contribution in [0.2, 0.25) is 0 Å². The smallest absolute Gasteiger partial charge is 0.220 e. The zero-order chi connectivity index (χ0) is 13.4. The Morgan fingerprint density at radius 3 is 3.11 bits per heavy atom. The fraction of sp³-hybridized carbons (Fsp3) is 0.538. The van der Waals surface area contributed by atoms with Crippen molar-refractivity contribution in [2.45, 2.75) is 25.3 Å². The van der Waals surface area contributed by atoms with Crippen molar-refractivity contribution in [1.29, 1.82) is 0 Å². The lowest BCUT2D eigenvalue weighted by molar-refractivity contribution is -0.124. The highest BCUT2D eigenvalue weighted by Crippen LogP contribution is 2.31. The molecule has 1 aromatic heterocycles. The van der Waals surface area contributed by atoms with Crippen molar-refractivity contribution in [2.75, 3.05) is 23.7 Å². The molecule has 2 aliphatic rings. The molecular formula is C13H17BrN4O. The molecule has 0 saturated carbocycles. The number of amides is 1. The Morgan fingerprint density at radius 2 is 2.32 bits per heavy atom. The second-order valence-electron chi connectivity index (χ2n) is 5.27. The molecule has 2 atom stereocenters. The van der Waals surface area contributed by atoms with Gasteiger partial charge >= 0.3 is 0 Å². The molecule has 2 aliphatic heterocycles. The van der Waals surface area contributed by atoms with Gasteiger partial charge in [0.15, 0.2) is 5.82 Å². The molecular weight excluding hydrogens is 308 g/mol. The monoisotopic (exact) mass is 324 g/mol. The van der Waals surface area contributed by atoms with Crippen molar-refractivity contribution in [3.8, 4) is 0 Å². The van der Waals surface area contributed by atoms with E-state index >= 15 is 0 Å². The molecule has 0 aliphatic carbocycles. The number of piperidine rings is 2. The molecule has 5 nitrogen and oxygen atoms in total. The molecule has 19 heavy (non-hydrogen) atoms. The lowest BCUT2D eigenvalue weighted by Crippen LogP contribution is -2.54. The Bertz CT molecular complexity index is 507. The number of nitrogens with two attached hydrogens (primary N) is 1. The Kier molecular flexibility index (Phi) is 3.35. The highest BCUT2D eigenvalue weighted by molar-refractivity contribution is 9.10. The predicted molar refractivity (Wildman–Crippen MR) is 77.8 cm³/mol. The normalized spacial score (nSPS) is 26.8. The number of hydrogen-bond acceptors (Lipinski definition) is 4. The van der Waals surface area contributed by atoms with Crippen molar-refractivity contribution < 1.29 is 4.79 Å². The quantitative estimate of drug-likeness (QED) is 0.821. The summed E-state index contributed by atoms with van der Waals surface area (Å²) >= 11 is 3.37. The van der Waals surface area contributed by atoms with Gasteiger partial charge in [-0.1, -0.05) is 0 Å². The van der Waals surface area contributed by atoms with Crippen LogP contribution in [0.5, 0.6) is 0 Å². The summed E-state index contributed by atoms with van der Waals surface area (Å²) in [6.45, 7) is 1.81. The highest BCUT2D eigenvalue weighted by atomic mass is 79.9. The molecule has 1 amide bonds. The molecule has 2 unspecified atom stereocenters. The fourth-order valence-corrected chi connectivity index (χ4v) is 3.36. The first kappa shape index (κ1) is 12.7. The third-order valence-electron chi connectivity index (χ3n) is 3.98. The van der Waals surface area contributed by atoms with E-state index in [-0.39, 0.29) is 5.91 Å². The van der Waals surface area contributed by atoms with Crippen LogP contribution in [0.15, 0.2) is 16.7 Å². The van der Waals surface area contributed by atoms with Gasteiger partial charge in [0.05, 0.1) is 5.69 Å². The van der Waals surface area contributed by atoms with Gasteiger partial charge in [0, 0.05) is 36.2 Å². The molecule has 0 radical (unpaired) electrons. The lowest BCUT2D eigenvalue weighted by Gasteiger charge is -2.42. The number of pyridine rings is 1. The van der Waals surface area contributed by atoms with Crippen molar-refractivity contribution in [2.24, 2.45) is 5.92 Å². The summed E-state index contributed by atoms with van der Waals surface area (Å²) in [4.78, 5) is 18.1. The van der Waals surface area contributed by atoms with Crippen molar-refractivity contribution >= 4 is 33.3 Å². The second-order valence-corrected chi connectivity index (χ2v) is 6.19. The number of rotatable bonds is 1. The minimum absolute atomic E-state index is 0.191. The zero-order valence-electron chi connectivity index (χ0n) is 10.6. The number of fused-ring (bicyclic) bond motifs is 1. The average molecular weight is 325 g/mol. The number of nitrogen functional groups attached to an aromatic ring is 1. The van der Waals surface area contributed by atoms with Crippen molar-refractivity contribution in [1.82, 2.24) is 10.3 Å². The van der Waals surface area contributed by atoms with Crippen LogP contribution in [-0.2, 0) is 4.79 Å². The molecule has 0 bridgehead atoms. The van der Waals surface area contributed by atoms with Gasteiger partial charge in [-0.25, -0.2) is 4.98 Å². The van der Waals surface area contributed by atoms with Gasteiger partial charge in [0.2, 0.25) is 5.91 Å². The molecule has 3 heterocycles. The van der Waals surface area contributed by atoms with E-state index in [1.165, 1.54) is 0 Å². The highest BCUT2D eigenvalue weighted by Gasteiger charge is 2.34. The SMILES string of the molecule is Nc1cc(Br)cnc1N1CCC2NC(=O)CCC2C1. The Hall–Kier alpha value is -1.30. The fourth-order valence-electron chi connectivity index (χ4n) is 3.01. The van der Waals surface area contributed by atoms with Crippen molar-refractivity contribution in [3.63, 3.8) is 0 Å². The van der Waals surface area contributed by atoms with Gasteiger partial charge in [-0.2, -0.15) is 0 Å². The average Bonchev–Trinajstić information content (AvgIpc) is 2.38. The van der Waals surface area contributed by atoms with Crippen LogP contribution in [0.4, 0.5) is 11.5 Å². The molecule has 0 aromatic carbocycles. The predicted octanol–water partition coefficient (Wildman–Crippen LogP) is 1.53. The maximum atomic E-state index is 11.4. The van der Waals surface area contributed by atoms with Crippen LogP contribution in [0, 0.1) is 5.92 Å². The van der Waals surface area contributed by atoms with Gasteiger partial charge in [-0.3, -0.25) is 4.79 Å². The summed E-state index contributed by atoms with van der Waals surface area (Å²) in [5.74, 6) is 1.56. The third kappa shape index (κ3) is 2.54. The minimum atomic E-state index is 0.191. The van der Waals surface area contributed by atoms with Gasteiger partial charge in [-0.05, 0) is 40.8 Å². The second kappa shape index (κ2) is 5.00. The number of hydrogen-bond donors (Lipinski definition) is 2. The van der Waals surface area contributed by atoms with Crippen molar-refractivity contribution in [3.05, 3.63) is 16.7 Å². The van der Waals surface area contributed by atoms with Crippen LogP contribution in [-0.4, -0.2) is 30.0 Å². The van der Waals surface area contributed by atoms with E-state index in [0.717, 1.165) is 36.2 Å². The van der Waals surface area contributed by atoms with Crippen LogP contribution >= 0.6 is 15.9 Å². The van der Waals surface area contributed by atoms with E-state index in [1.54, 1.807) is 6.20 Å². The van der Waals surface area contributed by atoms with Crippen LogP contribution < -0.4 is 16.0 Å². The van der Waals surface area contributed by atoms with Crippen LogP contribution in [0.3, 0.4) is 0 Å². The molecule has 102 valence electrons. The number of nitrogens with one attached hydrogen (secondary N) is 1. The van der Waals surface area contributed by atoms with E-state index in [0.29, 0.717) is 24.1 Å². The summed E-state index contributed by atoms with van der Waals surface area (Å²) < 4.78 is 0.897. The van der Waals surface area contributed by atoms with E-state index in [9.17, 15) is 4.79 Å². The van der Waals surface area contributed by atoms with Gasteiger partial charge in [0.25, 0.3) is 0 Å². The molecule has 6 heteroatoms. The van der Waals surface area contributed by atoms with Crippen LogP contribution in [0.1, 0.15) is 19.3 Å². The van der Waals surface area contributed by atoms with E-state index in [4.69, 9.17) is 5.73 Å². The summed E-state index contributed by atoms with van der Waals surface area (Å²) in [6, 6.07) is 2.21. The number of aromatic nitrogens is 1. The Morgan fingerprint density at radius 1 is 1.47 bits per heavy atom. The largest absolute Gasteiger partial charge is 0.396 e. The number of anilines is 2. The number of carbonyl (C=O) groups excluding carboxylic acids is 1. The van der Waals surface area contributed by atoms with E-state index in [1.807, 2.05) is 6.07 Å². The Labute approximate surface area is 120 Å². The summed E-state index contributed by atoms with van der Waals surface area (Å²) in [5.41, 5.74) is 6.74. The molecule has 0 spiro atoms. The summed E-state index contributed by atoms with van der Waals surface area (Å²) in [6.07, 6.45) is 4.34. The van der Waals surface area contributed by atoms with Crippen LogP contribution in [0.25, 0.3) is 0 Å². The Balaban J connectivity index is 1.76. The number of nitrogens with zero attached hydrogens (tertiary/aromatic N) is 2. The molecule has 3 rings (SSSR count). The lowest BCUT2D eigenvalue weighted by atomic mass is 9.85. The topological polar surface area (TPSA) is 71.2 Å². The summed E-state index contributed by atoms with van der Waals surface area (Å²) in [7, 11) is 0. The van der Waals surface area contributed by atoms with E-state index in [2.05, 4.69) is 31.1 Å². The standard InChI is InChI=1S/C13H17BrN4O/c14-9-5-10(15)13(16-6-9)18-4-3-11-8(7-18)1-2-12(19)17-11/h5-6,8,11H,1-4,7,15H2,(H,17,19).